The molecule has 0 heterocycles. The maximum Gasteiger partial charge on any atom is 0.0521 e. The number of aliphatic hydroxyl groups is 1. The van der Waals surface area contributed by atoms with E-state index in [4.69, 9.17) is 5.11 Å². The van der Waals surface area contributed by atoms with E-state index in [0.29, 0.717) is 17.9 Å². The third-order valence-corrected chi connectivity index (χ3v) is 3.85. The predicted octanol–water partition coefficient (Wildman–Crippen LogP) is 2.27. The topological polar surface area (TPSA) is 32.3 Å². The van der Waals surface area contributed by atoms with E-state index in [1.165, 1.54) is 19.3 Å². The van der Waals surface area contributed by atoms with E-state index in [1.54, 1.807) is 0 Å². The molecule has 2 atom stereocenters. The molecule has 0 saturated carbocycles. The number of thioether (sulfide) groups is 1. The highest BCUT2D eigenvalue weighted by Crippen LogP contribution is 2.20. The van der Waals surface area contributed by atoms with Crippen LogP contribution in [0.25, 0.3) is 0 Å². The van der Waals surface area contributed by atoms with Gasteiger partial charge in [0.2, 0.25) is 0 Å². The zero-order valence-corrected chi connectivity index (χ0v) is 10.6. The summed E-state index contributed by atoms with van der Waals surface area (Å²) in [6, 6.07) is 0.617. The number of aliphatic hydroxyl groups excluding tert-OH is 1. The Hall–Kier alpha value is 0.270. The van der Waals surface area contributed by atoms with Crippen molar-refractivity contribution in [1.82, 2.24) is 5.32 Å². The van der Waals surface area contributed by atoms with Crippen molar-refractivity contribution < 1.29 is 5.11 Å². The molecular formula is C11H25NOS. The lowest BCUT2D eigenvalue weighted by atomic mass is 10.1. The molecule has 0 radical (unpaired) electrons. The Labute approximate surface area is 92.9 Å². The first-order chi connectivity index (χ1) is 6.79. The van der Waals surface area contributed by atoms with E-state index in [-0.39, 0.29) is 0 Å². The average molecular weight is 219 g/mol. The standard InChI is InChI=1S/C11H25NOS/c1-4-7-10(12-6-3)11(5-2)14-9-8-13/h10-13H,4-9H2,1-3H3. The van der Waals surface area contributed by atoms with E-state index >= 15 is 0 Å². The molecule has 0 saturated heterocycles. The van der Waals surface area contributed by atoms with Crippen LogP contribution in [0.3, 0.4) is 0 Å². The Bertz CT molecular complexity index is 116. The fourth-order valence-corrected chi connectivity index (χ4v) is 2.82. The molecule has 86 valence electrons. The minimum atomic E-state index is 0.298. The number of rotatable bonds is 9. The smallest absolute Gasteiger partial charge is 0.0521 e. The number of nitrogens with one attached hydrogen (secondary N) is 1. The molecule has 0 aliphatic rings. The van der Waals surface area contributed by atoms with Crippen molar-refractivity contribution in [3.63, 3.8) is 0 Å². The summed E-state index contributed by atoms with van der Waals surface area (Å²) < 4.78 is 0. The zero-order valence-electron chi connectivity index (χ0n) is 9.75. The van der Waals surface area contributed by atoms with Gasteiger partial charge in [0.25, 0.3) is 0 Å². The van der Waals surface area contributed by atoms with E-state index in [2.05, 4.69) is 26.1 Å². The highest BCUT2D eigenvalue weighted by atomic mass is 32.2. The molecule has 2 N–H and O–H groups in total. The van der Waals surface area contributed by atoms with Gasteiger partial charge in [0.05, 0.1) is 6.61 Å². The first kappa shape index (κ1) is 14.3. The van der Waals surface area contributed by atoms with Crippen LogP contribution in [0.2, 0.25) is 0 Å². The number of hydrogen-bond acceptors (Lipinski definition) is 3. The molecule has 0 fully saturated rings. The van der Waals surface area contributed by atoms with Gasteiger partial charge in [0.15, 0.2) is 0 Å². The van der Waals surface area contributed by atoms with Crippen molar-refractivity contribution in [2.75, 3.05) is 18.9 Å². The van der Waals surface area contributed by atoms with Crippen molar-refractivity contribution in [3.8, 4) is 0 Å². The molecular weight excluding hydrogens is 194 g/mol. The second kappa shape index (κ2) is 9.81. The lowest BCUT2D eigenvalue weighted by Gasteiger charge is -2.26. The summed E-state index contributed by atoms with van der Waals surface area (Å²) in [6.07, 6.45) is 3.65. The molecule has 0 aliphatic carbocycles. The second-order valence-electron chi connectivity index (χ2n) is 3.49. The van der Waals surface area contributed by atoms with Crippen molar-refractivity contribution in [2.24, 2.45) is 0 Å². The van der Waals surface area contributed by atoms with Gasteiger partial charge in [-0.15, -0.1) is 0 Å². The summed E-state index contributed by atoms with van der Waals surface area (Å²) in [5.41, 5.74) is 0. The molecule has 2 nitrogen and oxygen atoms in total. The monoisotopic (exact) mass is 219 g/mol. The molecule has 14 heavy (non-hydrogen) atoms. The van der Waals surface area contributed by atoms with Gasteiger partial charge < -0.3 is 10.4 Å². The average Bonchev–Trinajstić information content (AvgIpc) is 2.19. The Morgan fingerprint density at radius 3 is 2.43 bits per heavy atom. The highest BCUT2D eigenvalue weighted by molar-refractivity contribution is 7.99. The fourth-order valence-electron chi connectivity index (χ4n) is 1.72. The van der Waals surface area contributed by atoms with Crippen LogP contribution in [0.5, 0.6) is 0 Å². The zero-order chi connectivity index (χ0) is 10.8. The maximum absolute atomic E-state index is 8.81. The summed E-state index contributed by atoms with van der Waals surface area (Å²) in [6.45, 7) is 7.96. The first-order valence-electron chi connectivity index (χ1n) is 5.75. The third kappa shape index (κ3) is 5.89. The number of hydrogen-bond donors (Lipinski definition) is 2. The van der Waals surface area contributed by atoms with Gasteiger partial charge in [-0.3, -0.25) is 0 Å². The van der Waals surface area contributed by atoms with Crippen LogP contribution in [0.15, 0.2) is 0 Å². The SMILES string of the molecule is CCCC(NCC)C(CC)SCCO. The van der Waals surface area contributed by atoms with E-state index in [1.807, 2.05) is 11.8 Å². The molecule has 0 aromatic carbocycles. The van der Waals surface area contributed by atoms with Gasteiger partial charge in [0, 0.05) is 17.0 Å². The van der Waals surface area contributed by atoms with Crippen LogP contribution in [0, 0.1) is 0 Å². The Kier molecular flexibility index (Phi) is 10.0. The summed E-state index contributed by atoms with van der Waals surface area (Å²) in [4.78, 5) is 0. The second-order valence-corrected chi connectivity index (χ2v) is 4.84. The van der Waals surface area contributed by atoms with Gasteiger partial charge in [-0.25, -0.2) is 0 Å². The third-order valence-electron chi connectivity index (χ3n) is 2.34. The van der Waals surface area contributed by atoms with Gasteiger partial charge in [0.1, 0.15) is 0 Å². The van der Waals surface area contributed by atoms with Crippen LogP contribution < -0.4 is 5.32 Å². The summed E-state index contributed by atoms with van der Waals surface area (Å²) in [5, 5.41) is 13.0. The van der Waals surface area contributed by atoms with Gasteiger partial charge in [-0.05, 0) is 19.4 Å². The van der Waals surface area contributed by atoms with Crippen molar-refractivity contribution >= 4 is 11.8 Å². The minimum Gasteiger partial charge on any atom is -0.396 e. The van der Waals surface area contributed by atoms with Crippen LogP contribution in [0.1, 0.15) is 40.0 Å². The predicted molar refractivity (Wildman–Crippen MR) is 66.0 cm³/mol. The van der Waals surface area contributed by atoms with Crippen LogP contribution in [-0.4, -0.2) is 35.3 Å². The van der Waals surface area contributed by atoms with Crippen LogP contribution >= 0.6 is 11.8 Å². The Morgan fingerprint density at radius 2 is 2.00 bits per heavy atom. The fraction of sp³-hybridized carbons (Fsp3) is 1.00. The first-order valence-corrected chi connectivity index (χ1v) is 6.80. The summed E-state index contributed by atoms with van der Waals surface area (Å²) >= 11 is 1.90. The quantitative estimate of drug-likeness (QED) is 0.624. The normalized spacial score (nSPS) is 15.4. The molecule has 0 amide bonds. The molecule has 2 unspecified atom stereocenters. The highest BCUT2D eigenvalue weighted by Gasteiger charge is 2.17. The molecule has 0 aliphatic heterocycles. The minimum absolute atomic E-state index is 0.298. The summed E-state index contributed by atoms with van der Waals surface area (Å²) in [5.74, 6) is 0.865. The van der Waals surface area contributed by atoms with E-state index < -0.39 is 0 Å². The molecule has 0 aromatic heterocycles. The van der Waals surface area contributed by atoms with Crippen molar-refractivity contribution in [1.29, 1.82) is 0 Å². The molecule has 3 heteroatoms. The largest absolute Gasteiger partial charge is 0.396 e. The Balaban J connectivity index is 3.96. The van der Waals surface area contributed by atoms with Crippen molar-refractivity contribution in [2.45, 2.75) is 51.3 Å². The van der Waals surface area contributed by atoms with Crippen LogP contribution in [-0.2, 0) is 0 Å². The lowest BCUT2D eigenvalue weighted by Crippen LogP contribution is -2.38. The van der Waals surface area contributed by atoms with Gasteiger partial charge in [-0.2, -0.15) is 11.8 Å². The van der Waals surface area contributed by atoms with E-state index in [0.717, 1.165) is 12.3 Å². The van der Waals surface area contributed by atoms with Gasteiger partial charge in [-0.1, -0.05) is 27.2 Å². The lowest BCUT2D eigenvalue weighted by molar-refractivity contribution is 0.322. The van der Waals surface area contributed by atoms with Gasteiger partial charge >= 0.3 is 0 Å². The molecule has 0 aromatic rings. The van der Waals surface area contributed by atoms with Crippen LogP contribution in [0.4, 0.5) is 0 Å². The molecule has 0 spiro atoms. The Morgan fingerprint density at radius 1 is 1.29 bits per heavy atom. The summed E-state index contributed by atoms with van der Waals surface area (Å²) in [7, 11) is 0. The van der Waals surface area contributed by atoms with Crippen molar-refractivity contribution in [3.05, 3.63) is 0 Å². The molecule has 0 bridgehead atoms. The van der Waals surface area contributed by atoms with E-state index in [9.17, 15) is 0 Å². The molecule has 0 rings (SSSR count). The maximum atomic E-state index is 8.81.